The van der Waals surface area contributed by atoms with E-state index in [4.69, 9.17) is 20.7 Å². The zero-order chi connectivity index (χ0) is 19.6. The summed E-state index contributed by atoms with van der Waals surface area (Å²) in [6.45, 7) is 2.27. The first-order valence-electron chi connectivity index (χ1n) is 8.50. The minimum atomic E-state index is -1.30. The predicted octanol–water partition coefficient (Wildman–Crippen LogP) is 2.55. The lowest BCUT2D eigenvalue weighted by molar-refractivity contribution is -0.143. The van der Waals surface area contributed by atoms with Crippen molar-refractivity contribution in [1.29, 1.82) is 0 Å². The van der Waals surface area contributed by atoms with Gasteiger partial charge in [-0.05, 0) is 35.2 Å². The molecule has 6 heteroatoms. The van der Waals surface area contributed by atoms with Crippen LogP contribution in [0.25, 0.3) is 0 Å². The lowest BCUT2D eigenvalue weighted by Gasteiger charge is -2.13. The van der Waals surface area contributed by atoms with Gasteiger partial charge >= 0.3 is 0 Å². The van der Waals surface area contributed by atoms with Gasteiger partial charge in [-0.1, -0.05) is 43.2 Å². The summed E-state index contributed by atoms with van der Waals surface area (Å²) in [5, 5.41) is 10.1. The van der Waals surface area contributed by atoms with Crippen LogP contribution in [-0.2, 0) is 22.7 Å². The Labute approximate surface area is 159 Å². The number of aliphatic hydroxyl groups excluding tert-OH is 1. The predicted molar refractivity (Wildman–Crippen MR) is 101 cm³/mol. The molecule has 0 saturated heterocycles. The van der Waals surface area contributed by atoms with Gasteiger partial charge < -0.3 is 14.6 Å². The number of carbonyl (C=O) groups is 1. The van der Waals surface area contributed by atoms with Crippen LogP contribution in [0.5, 0.6) is 11.5 Å². The largest absolute Gasteiger partial charge is 0.493 e. The van der Waals surface area contributed by atoms with Gasteiger partial charge in [-0.25, -0.2) is 5.48 Å². The van der Waals surface area contributed by atoms with Gasteiger partial charge in [-0.15, -0.1) is 6.42 Å². The Bertz CT molecular complexity index is 795. The summed E-state index contributed by atoms with van der Waals surface area (Å²) in [5.74, 6) is 2.78. The lowest BCUT2D eigenvalue weighted by Crippen LogP contribution is -2.29. The third-order valence-electron chi connectivity index (χ3n) is 3.90. The Balaban J connectivity index is 1.89. The lowest BCUT2D eigenvalue weighted by atomic mass is 10.1. The van der Waals surface area contributed by atoms with Crippen LogP contribution in [0, 0.1) is 12.3 Å². The third-order valence-corrected chi connectivity index (χ3v) is 3.90. The van der Waals surface area contributed by atoms with E-state index >= 15 is 0 Å². The molecule has 2 aromatic carbocycles. The number of aliphatic hydroxyl groups is 1. The van der Waals surface area contributed by atoms with Crippen molar-refractivity contribution in [3.63, 3.8) is 0 Å². The maximum absolute atomic E-state index is 12.0. The highest BCUT2D eigenvalue weighted by atomic mass is 16.7. The molecule has 0 heterocycles. The molecule has 2 N–H and O–H groups in total. The van der Waals surface area contributed by atoms with Gasteiger partial charge in [0.1, 0.15) is 6.61 Å². The standard InChI is InChI=1S/C21H23NO5/c1-4-12-26-18-11-8-16(13-19(18)25-3)14-27-22-21(24)20(23)17-9-6-15(5-2)7-10-17/h1,6-11,13,20,23H,5,12,14H2,2-3H3,(H,22,24). The first-order valence-corrected chi connectivity index (χ1v) is 8.50. The van der Waals surface area contributed by atoms with E-state index in [1.54, 1.807) is 30.3 Å². The van der Waals surface area contributed by atoms with E-state index in [9.17, 15) is 9.90 Å². The van der Waals surface area contributed by atoms with Crippen LogP contribution in [0.1, 0.15) is 29.7 Å². The highest BCUT2D eigenvalue weighted by Crippen LogP contribution is 2.28. The number of aryl methyl sites for hydroxylation is 1. The molecule has 2 aromatic rings. The van der Waals surface area contributed by atoms with Crippen LogP contribution in [0.3, 0.4) is 0 Å². The Morgan fingerprint density at radius 2 is 1.89 bits per heavy atom. The van der Waals surface area contributed by atoms with Crippen LogP contribution >= 0.6 is 0 Å². The summed E-state index contributed by atoms with van der Waals surface area (Å²) in [6.07, 6.45) is 4.77. The first kappa shape index (κ1) is 20.3. The van der Waals surface area contributed by atoms with Crippen molar-refractivity contribution in [3.05, 3.63) is 59.2 Å². The van der Waals surface area contributed by atoms with Gasteiger partial charge in [0.05, 0.1) is 13.7 Å². The topological polar surface area (TPSA) is 77.0 Å². The molecule has 0 fully saturated rings. The fourth-order valence-electron chi connectivity index (χ4n) is 2.37. The summed E-state index contributed by atoms with van der Waals surface area (Å²) in [7, 11) is 1.52. The molecule has 2 rings (SSSR count). The summed E-state index contributed by atoms with van der Waals surface area (Å²) >= 11 is 0. The monoisotopic (exact) mass is 369 g/mol. The van der Waals surface area contributed by atoms with Crippen LogP contribution in [0.15, 0.2) is 42.5 Å². The van der Waals surface area contributed by atoms with Crippen molar-refractivity contribution in [1.82, 2.24) is 5.48 Å². The second-order valence-electron chi connectivity index (χ2n) is 5.73. The molecule has 6 nitrogen and oxygen atoms in total. The number of hydroxylamine groups is 1. The number of hydrogen-bond acceptors (Lipinski definition) is 5. The fraction of sp³-hybridized carbons (Fsp3) is 0.286. The Morgan fingerprint density at radius 1 is 1.19 bits per heavy atom. The molecule has 0 bridgehead atoms. The molecule has 0 saturated carbocycles. The number of benzene rings is 2. The van der Waals surface area contributed by atoms with Gasteiger partial charge in [0.2, 0.25) is 0 Å². The van der Waals surface area contributed by atoms with E-state index in [2.05, 4.69) is 11.4 Å². The van der Waals surface area contributed by atoms with Crippen LogP contribution in [0.4, 0.5) is 0 Å². The second kappa shape index (κ2) is 10.2. The molecule has 0 aliphatic carbocycles. The van der Waals surface area contributed by atoms with Crippen molar-refractivity contribution >= 4 is 5.91 Å². The highest BCUT2D eigenvalue weighted by molar-refractivity contribution is 5.80. The van der Waals surface area contributed by atoms with E-state index in [0.29, 0.717) is 17.1 Å². The van der Waals surface area contributed by atoms with Crippen molar-refractivity contribution in [3.8, 4) is 23.8 Å². The molecule has 142 valence electrons. The molecule has 0 aliphatic rings. The van der Waals surface area contributed by atoms with Crippen LogP contribution in [0.2, 0.25) is 0 Å². The quantitative estimate of drug-likeness (QED) is 0.525. The number of nitrogens with one attached hydrogen (secondary N) is 1. The van der Waals surface area contributed by atoms with Gasteiger partial charge in [-0.3, -0.25) is 9.63 Å². The number of carbonyl (C=O) groups excluding carboxylic acids is 1. The van der Waals surface area contributed by atoms with Gasteiger partial charge in [0.25, 0.3) is 5.91 Å². The average molecular weight is 369 g/mol. The maximum atomic E-state index is 12.0. The minimum Gasteiger partial charge on any atom is -0.493 e. The number of terminal acetylenes is 1. The van der Waals surface area contributed by atoms with Crippen molar-refractivity contribution < 1.29 is 24.2 Å². The van der Waals surface area contributed by atoms with Gasteiger partial charge in [0.15, 0.2) is 17.6 Å². The van der Waals surface area contributed by atoms with E-state index in [1.807, 2.05) is 19.1 Å². The fourth-order valence-corrected chi connectivity index (χ4v) is 2.37. The summed E-state index contributed by atoms with van der Waals surface area (Å²) in [6, 6.07) is 12.4. The van der Waals surface area contributed by atoms with Crippen molar-refractivity contribution in [2.45, 2.75) is 26.1 Å². The van der Waals surface area contributed by atoms with E-state index < -0.39 is 12.0 Å². The SMILES string of the molecule is C#CCOc1ccc(CONC(=O)C(O)c2ccc(CC)cc2)cc1OC. The molecule has 0 aliphatic heterocycles. The Morgan fingerprint density at radius 3 is 2.52 bits per heavy atom. The molecule has 0 aromatic heterocycles. The molecule has 0 spiro atoms. The van der Waals surface area contributed by atoms with E-state index in [1.165, 1.54) is 7.11 Å². The second-order valence-corrected chi connectivity index (χ2v) is 5.73. The highest BCUT2D eigenvalue weighted by Gasteiger charge is 2.17. The number of ether oxygens (including phenoxy) is 2. The first-order chi connectivity index (χ1) is 13.1. The molecular weight excluding hydrogens is 346 g/mol. The summed E-state index contributed by atoms with van der Waals surface area (Å²) < 4.78 is 10.6. The third kappa shape index (κ3) is 5.74. The van der Waals surface area contributed by atoms with Crippen molar-refractivity contribution in [2.75, 3.05) is 13.7 Å². The number of rotatable bonds is 9. The normalized spacial score (nSPS) is 11.3. The average Bonchev–Trinajstić information content (AvgIpc) is 2.72. The molecule has 1 unspecified atom stereocenters. The summed E-state index contributed by atoms with van der Waals surface area (Å²) in [4.78, 5) is 17.2. The zero-order valence-electron chi connectivity index (χ0n) is 15.4. The molecule has 1 atom stereocenters. The number of methoxy groups -OCH3 is 1. The Kier molecular flexibility index (Phi) is 7.68. The van der Waals surface area contributed by atoms with Gasteiger partial charge in [-0.2, -0.15) is 0 Å². The molecular formula is C21H23NO5. The molecule has 1 amide bonds. The summed E-state index contributed by atoms with van der Waals surface area (Å²) in [5.41, 5.74) is 4.64. The number of hydrogen-bond donors (Lipinski definition) is 2. The van der Waals surface area contributed by atoms with Crippen LogP contribution in [-0.4, -0.2) is 24.7 Å². The zero-order valence-corrected chi connectivity index (χ0v) is 15.4. The number of amides is 1. The molecule has 27 heavy (non-hydrogen) atoms. The Hall–Kier alpha value is -3.01. The van der Waals surface area contributed by atoms with E-state index in [0.717, 1.165) is 17.5 Å². The molecule has 0 radical (unpaired) electrons. The smallest absolute Gasteiger partial charge is 0.276 e. The van der Waals surface area contributed by atoms with E-state index in [-0.39, 0.29) is 13.2 Å². The van der Waals surface area contributed by atoms with Crippen molar-refractivity contribution in [2.24, 2.45) is 0 Å². The van der Waals surface area contributed by atoms with Gasteiger partial charge in [0, 0.05) is 0 Å². The maximum Gasteiger partial charge on any atom is 0.276 e. The minimum absolute atomic E-state index is 0.0962. The van der Waals surface area contributed by atoms with Crippen LogP contribution < -0.4 is 15.0 Å².